The molecule has 0 spiro atoms. The molecule has 0 aliphatic carbocycles. The van der Waals surface area contributed by atoms with Crippen molar-refractivity contribution in [2.45, 2.75) is 13.1 Å². The molecular formula is C23H19FN4O3. The van der Waals surface area contributed by atoms with Gasteiger partial charge in [0, 0.05) is 17.8 Å². The monoisotopic (exact) mass is 418 g/mol. The number of carbonyl (C=O) groups excluding carboxylic acids is 1. The first-order chi connectivity index (χ1) is 15.1. The molecule has 7 nitrogen and oxygen atoms in total. The number of nitrogens with one attached hydrogen (secondary N) is 1. The molecule has 0 unspecified atom stereocenters. The Morgan fingerprint density at radius 2 is 1.81 bits per heavy atom. The van der Waals surface area contributed by atoms with Gasteiger partial charge in [0.15, 0.2) is 18.2 Å². The number of benzene rings is 2. The van der Waals surface area contributed by atoms with E-state index in [9.17, 15) is 14.0 Å². The summed E-state index contributed by atoms with van der Waals surface area (Å²) in [6.07, 6.45) is 3.33. The summed E-state index contributed by atoms with van der Waals surface area (Å²) in [6, 6.07) is 16.6. The Kier molecular flexibility index (Phi) is 5.98. The molecule has 0 saturated heterocycles. The van der Waals surface area contributed by atoms with Crippen molar-refractivity contribution in [3.8, 4) is 5.75 Å². The van der Waals surface area contributed by atoms with Crippen LogP contribution in [0.15, 0.2) is 77.9 Å². The van der Waals surface area contributed by atoms with Crippen LogP contribution in [0.5, 0.6) is 5.75 Å². The van der Waals surface area contributed by atoms with Gasteiger partial charge in [-0.15, -0.1) is 0 Å². The highest BCUT2D eigenvalue weighted by atomic mass is 19.1. The third kappa shape index (κ3) is 4.75. The van der Waals surface area contributed by atoms with Crippen LogP contribution in [-0.2, 0) is 17.9 Å². The van der Waals surface area contributed by atoms with E-state index in [1.807, 2.05) is 12.1 Å². The second-order valence-electron chi connectivity index (χ2n) is 6.81. The Bertz CT molecular complexity index is 1270. The molecule has 8 heteroatoms. The number of ether oxygens (including phenoxy) is 1. The maximum absolute atomic E-state index is 13.6. The number of hydrogen-bond donors (Lipinski definition) is 1. The van der Waals surface area contributed by atoms with Crippen LogP contribution in [0, 0.1) is 5.82 Å². The van der Waals surface area contributed by atoms with Crippen molar-refractivity contribution in [3.05, 3.63) is 100 Å². The summed E-state index contributed by atoms with van der Waals surface area (Å²) in [7, 11) is 0. The third-order valence-electron chi connectivity index (χ3n) is 4.65. The second kappa shape index (κ2) is 9.17. The molecule has 1 N–H and O–H groups in total. The van der Waals surface area contributed by atoms with Crippen molar-refractivity contribution >= 4 is 16.7 Å². The molecule has 0 fully saturated rings. The molecule has 2 aromatic carbocycles. The van der Waals surface area contributed by atoms with Gasteiger partial charge in [-0.1, -0.05) is 36.4 Å². The van der Waals surface area contributed by atoms with Crippen LogP contribution in [0.25, 0.3) is 10.8 Å². The molecule has 0 bridgehead atoms. The molecule has 0 aliphatic rings. The zero-order chi connectivity index (χ0) is 21.6. The molecule has 4 aromatic rings. The highest BCUT2D eigenvalue weighted by Crippen LogP contribution is 2.16. The summed E-state index contributed by atoms with van der Waals surface area (Å²) >= 11 is 0. The van der Waals surface area contributed by atoms with Gasteiger partial charge in [0.25, 0.3) is 11.5 Å². The summed E-state index contributed by atoms with van der Waals surface area (Å²) in [5, 5.41) is 8.34. The summed E-state index contributed by atoms with van der Waals surface area (Å²) in [4.78, 5) is 29.1. The predicted molar refractivity (Wildman–Crippen MR) is 113 cm³/mol. The number of aromatic nitrogens is 3. The minimum Gasteiger partial charge on any atom is -0.481 e. The summed E-state index contributed by atoms with van der Waals surface area (Å²) in [6.45, 7) is 0.0103. The van der Waals surface area contributed by atoms with Gasteiger partial charge in [-0.3, -0.25) is 14.6 Å². The highest BCUT2D eigenvalue weighted by molar-refractivity contribution is 5.84. The maximum atomic E-state index is 13.6. The number of pyridine rings is 1. The number of fused-ring (bicyclic) bond motifs is 1. The number of carbonyl (C=O) groups is 1. The van der Waals surface area contributed by atoms with Crippen LogP contribution in [0.2, 0.25) is 0 Å². The molecule has 0 radical (unpaired) electrons. The fourth-order valence-electron chi connectivity index (χ4n) is 3.15. The van der Waals surface area contributed by atoms with Crippen molar-refractivity contribution in [2.75, 3.05) is 6.61 Å². The predicted octanol–water partition coefficient (Wildman–Crippen LogP) is 2.67. The molecule has 156 valence electrons. The molecule has 1 amide bonds. The highest BCUT2D eigenvalue weighted by Gasteiger charge is 2.13. The average molecular weight is 418 g/mol. The van der Waals surface area contributed by atoms with Gasteiger partial charge in [0.2, 0.25) is 0 Å². The van der Waals surface area contributed by atoms with Gasteiger partial charge in [0.05, 0.1) is 24.2 Å². The van der Waals surface area contributed by atoms with E-state index in [2.05, 4.69) is 15.4 Å². The number of para-hydroxylation sites is 1. The van der Waals surface area contributed by atoms with Crippen LogP contribution in [-0.4, -0.2) is 27.3 Å². The Morgan fingerprint density at radius 3 is 2.58 bits per heavy atom. The van der Waals surface area contributed by atoms with Gasteiger partial charge >= 0.3 is 0 Å². The van der Waals surface area contributed by atoms with Crippen LogP contribution in [0.1, 0.15) is 11.3 Å². The topological polar surface area (TPSA) is 86.1 Å². The summed E-state index contributed by atoms with van der Waals surface area (Å²) < 4.78 is 20.2. The third-order valence-corrected chi connectivity index (χ3v) is 4.65. The Morgan fingerprint density at radius 1 is 1.03 bits per heavy atom. The molecular weight excluding hydrogens is 399 g/mol. The largest absolute Gasteiger partial charge is 0.481 e. The summed E-state index contributed by atoms with van der Waals surface area (Å²) in [5.41, 5.74) is 1.15. The lowest BCUT2D eigenvalue weighted by molar-refractivity contribution is -0.123. The number of rotatable bonds is 7. The lowest BCUT2D eigenvalue weighted by atomic mass is 10.1. The number of nitrogens with zero attached hydrogens (tertiary/aromatic N) is 3. The molecule has 4 rings (SSSR count). The fraction of sp³-hybridized carbons (Fsp3) is 0.130. The smallest absolute Gasteiger partial charge is 0.274 e. The van der Waals surface area contributed by atoms with Gasteiger partial charge in [0.1, 0.15) is 0 Å². The molecule has 0 atom stereocenters. The van der Waals surface area contributed by atoms with E-state index in [4.69, 9.17) is 4.74 Å². The van der Waals surface area contributed by atoms with E-state index in [0.717, 1.165) is 5.56 Å². The van der Waals surface area contributed by atoms with Crippen molar-refractivity contribution < 1.29 is 13.9 Å². The van der Waals surface area contributed by atoms with E-state index >= 15 is 0 Å². The molecule has 31 heavy (non-hydrogen) atoms. The lowest BCUT2D eigenvalue weighted by Gasteiger charge is -2.12. The normalized spacial score (nSPS) is 10.7. The first-order valence-electron chi connectivity index (χ1n) is 9.63. The van der Waals surface area contributed by atoms with Crippen LogP contribution >= 0.6 is 0 Å². The quantitative estimate of drug-likeness (QED) is 0.499. The SMILES string of the molecule is O=C(COc1ccccc1F)NCc1nn(Cc2cccnc2)c(=O)c2ccccc12. The first-order valence-corrected chi connectivity index (χ1v) is 9.63. The van der Waals surface area contributed by atoms with Crippen molar-refractivity contribution in [2.24, 2.45) is 0 Å². The standard InChI is InChI=1S/C23H19FN4O3/c24-19-9-3-4-10-21(19)31-15-22(29)26-13-20-17-7-1-2-8-18(17)23(30)28(27-20)14-16-6-5-11-25-12-16/h1-12H,13-15H2,(H,26,29). The zero-order valence-electron chi connectivity index (χ0n) is 16.5. The van der Waals surface area contributed by atoms with E-state index in [-0.39, 0.29) is 31.0 Å². The van der Waals surface area contributed by atoms with Crippen LogP contribution in [0.3, 0.4) is 0 Å². The first kappa shape index (κ1) is 20.2. The van der Waals surface area contributed by atoms with E-state index in [0.29, 0.717) is 16.5 Å². The van der Waals surface area contributed by atoms with E-state index in [1.165, 1.54) is 16.8 Å². The molecule has 0 aliphatic heterocycles. The van der Waals surface area contributed by atoms with Crippen LogP contribution < -0.4 is 15.6 Å². The van der Waals surface area contributed by atoms with Crippen LogP contribution in [0.4, 0.5) is 4.39 Å². The van der Waals surface area contributed by atoms with Gasteiger partial charge in [-0.05, 0) is 29.8 Å². The number of amides is 1. The molecule has 2 aromatic heterocycles. The summed E-state index contributed by atoms with van der Waals surface area (Å²) in [5.74, 6) is -0.962. The van der Waals surface area contributed by atoms with E-state index in [1.54, 1.807) is 48.8 Å². The Hall–Kier alpha value is -4.07. The number of halogens is 1. The van der Waals surface area contributed by atoms with Gasteiger partial charge in [-0.2, -0.15) is 5.10 Å². The second-order valence-corrected chi connectivity index (χ2v) is 6.81. The van der Waals surface area contributed by atoms with E-state index < -0.39 is 11.7 Å². The van der Waals surface area contributed by atoms with Crippen molar-refractivity contribution in [3.63, 3.8) is 0 Å². The van der Waals surface area contributed by atoms with Crippen molar-refractivity contribution in [1.29, 1.82) is 0 Å². The number of hydrogen-bond acceptors (Lipinski definition) is 5. The van der Waals surface area contributed by atoms with Gasteiger partial charge in [-0.25, -0.2) is 9.07 Å². The molecule has 2 heterocycles. The minimum atomic E-state index is -0.537. The minimum absolute atomic E-state index is 0.00578. The fourth-order valence-corrected chi connectivity index (χ4v) is 3.15. The average Bonchev–Trinajstić information content (AvgIpc) is 2.80. The Balaban J connectivity index is 1.52. The maximum Gasteiger partial charge on any atom is 0.274 e. The molecule has 0 saturated carbocycles. The zero-order valence-corrected chi connectivity index (χ0v) is 16.5. The Labute approximate surface area is 177 Å². The van der Waals surface area contributed by atoms with Gasteiger partial charge < -0.3 is 10.1 Å². The lowest BCUT2D eigenvalue weighted by Crippen LogP contribution is -2.31. The van der Waals surface area contributed by atoms with Crippen molar-refractivity contribution in [1.82, 2.24) is 20.1 Å².